The fraction of sp³-hybridized carbons (Fsp3) is 0.200. The molecule has 2 aromatic heterocycles. The molecule has 15 heavy (non-hydrogen) atoms. The van der Waals surface area contributed by atoms with E-state index >= 15 is 0 Å². The third kappa shape index (κ3) is 1.90. The SMILES string of the molecule is CCc1nccnc1-c1ccnc(N)n1. The van der Waals surface area contributed by atoms with Gasteiger partial charge in [-0.15, -0.1) is 0 Å². The molecule has 0 bridgehead atoms. The van der Waals surface area contributed by atoms with Crippen molar-refractivity contribution in [1.82, 2.24) is 19.9 Å². The van der Waals surface area contributed by atoms with Crippen LogP contribution in [0.5, 0.6) is 0 Å². The lowest BCUT2D eigenvalue weighted by molar-refractivity contribution is 0.997. The van der Waals surface area contributed by atoms with Gasteiger partial charge < -0.3 is 5.73 Å². The summed E-state index contributed by atoms with van der Waals surface area (Å²) >= 11 is 0. The summed E-state index contributed by atoms with van der Waals surface area (Å²) < 4.78 is 0. The number of nitrogens with zero attached hydrogens (tertiary/aromatic N) is 4. The topological polar surface area (TPSA) is 77.6 Å². The predicted octanol–water partition coefficient (Wildman–Crippen LogP) is 1.08. The van der Waals surface area contributed by atoms with E-state index < -0.39 is 0 Å². The standard InChI is InChI=1S/C10H11N5/c1-2-7-9(13-6-5-12-7)8-3-4-14-10(11)15-8/h3-6H,2H2,1H3,(H2,11,14,15). The van der Waals surface area contributed by atoms with Crippen LogP contribution in [0.25, 0.3) is 11.4 Å². The van der Waals surface area contributed by atoms with Crippen molar-refractivity contribution in [3.05, 3.63) is 30.4 Å². The summed E-state index contributed by atoms with van der Waals surface area (Å²) in [5.74, 6) is 0.250. The van der Waals surface area contributed by atoms with Crippen molar-refractivity contribution in [2.75, 3.05) is 5.73 Å². The molecule has 0 atom stereocenters. The zero-order chi connectivity index (χ0) is 10.7. The first-order valence-electron chi connectivity index (χ1n) is 4.70. The highest BCUT2D eigenvalue weighted by molar-refractivity contribution is 5.57. The maximum atomic E-state index is 5.52. The highest BCUT2D eigenvalue weighted by Crippen LogP contribution is 2.17. The smallest absolute Gasteiger partial charge is 0.220 e. The average Bonchev–Trinajstić information content (AvgIpc) is 2.29. The Morgan fingerprint density at radius 2 is 1.93 bits per heavy atom. The molecule has 5 heteroatoms. The number of nitrogen functional groups attached to an aromatic ring is 1. The molecular formula is C10H11N5. The Hall–Kier alpha value is -2.04. The first kappa shape index (κ1) is 9.51. The summed E-state index contributed by atoms with van der Waals surface area (Å²) in [6, 6.07) is 1.78. The number of hydrogen-bond donors (Lipinski definition) is 1. The molecule has 5 nitrogen and oxygen atoms in total. The van der Waals surface area contributed by atoms with Crippen molar-refractivity contribution in [3.63, 3.8) is 0 Å². The van der Waals surface area contributed by atoms with E-state index in [4.69, 9.17) is 5.73 Å². The van der Waals surface area contributed by atoms with Crippen LogP contribution in [0.3, 0.4) is 0 Å². The van der Waals surface area contributed by atoms with Crippen molar-refractivity contribution in [3.8, 4) is 11.4 Å². The second-order valence-electron chi connectivity index (χ2n) is 3.01. The summed E-state index contributed by atoms with van der Waals surface area (Å²) in [4.78, 5) is 16.4. The Labute approximate surface area is 87.4 Å². The average molecular weight is 201 g/mol. The summed E-state index contributed by atoms with van der Waals surface area (Å²) in [5.41, 5.74) is 7.92. The number of anilines is 1. The number of rotatable bonds is 2. The van der Waals surface area contributed by atoms with E-state index in [0.717, 1.165) is 17.8 Å². The van der Waals surface area contributed by atoms with E-state index in [2.05, 4.69) is 19.9 Å². The second kappa shape index (κ2) is 4.00. The maximum absolute atomic E-state index is 5.52. The Balaban J connectivity index is 2.53. The van der Waals surface area contributed by atoms with E-state index in [9.17, 15) is 0 Å². The van der Waals surface area contributed by atoms with Crippen molar-refractivity contribution >= 4 is 5.95 Å². The van der Waals surface area contributed by atoms with E-state index in [1.807, 2.05) is 6.92 Å². The van der Waals surface area contributed by atoms with Gasteiger partial charge in [0.05, 0.1) is 11.4 Å². The van der Waals surface area contributed by atoms with Gasteiger partial charge in [0.15, 0.2) is 0 Å². The van der Waals surface area contributed by atoms with Gasteiger partial charge in [-0.2, -0.15) is 0 Å². The number of aryl methyl sites for hydroxylation is 1. The van der Waals surface area contributed by atoms with E-state index in [-0.39, 0.29) is 5.95 Å². The minimum atomic E-state index is 0.250. The molecule has 2 heterocycles. The van der Waals surface area contributed by atoms with Crippen molar-refractivity contribution in [1.29, 1.82) is 0 Å². The van der Waals surface area contributed by atoms with Crippen LogP contribution >= 0.6 is 0 Å². The van der Waals surface area contributed by atoms with Crippen molar-refractivity contribution in [2.45, 2.75) is 13.3 Å². The quantitative estimate of drug-likeness (QED) is 0.786. The lowest BCUT2D eigenvalue weighted by Crippen LogP contribution is -2.00. The minimum absolute atomic E-state index is 0.250. The summed E-state index contributed by atoms with van der Waals surface area (Å²) in [5, 5.41) is 0. The summed E-state index contributed by atoms with van der Waals surface area (Å²) in [6.45, 7) is 2.03. The van der Waals surface area contributed by atoms with Gasteiger partial charge in [-0.3, -0.25) is 9.97 Å². The molecule has 2 N–H and O–H groups in total. The largest absolute Gasteiger partial charge is 0.368 e. The number of hydrogen-bond acceptors (Lipinski definition) is 5. The number of aromatic nitrogens is 4. The van der Waals surface area contributed by atoms with Crippen LogP contribution in [0, 0.1) is 0 Å². The highest BCUT2D eigenvalue weighted by atomic mass is 15.0. The molecule has 76 valence electrons. The van der Waals surface area contributed by atoms with Crippen molar-refractivity contribution < 1.29 is 0 Å². The van der Waals surface area contributed by atoms with Gasteiger partial charge in [0.1, 0.15) is 5.69 Å². The molecule has 2 aromatic rings. The van der Waals surface area contributed by atoms with Gasteiger partial charge >= 0.3 is 0 Å². The van der Waals surface area contributed by atoms with E-state index in [1.54, 1.807) is 24.7 Å². The molecule has 0 spiro atoms. The van der Waals surface area contributed by atoms with Crippen LogP contribution in [-0.4, -0.2) is 19.9 Å². The zero-order valence-corrected chi connectivity index (χ0v) is 8.38. The molecule has 0 aromatic carbocycles. The predicted molar refractivity (Wildman–Crippen MR) is 56.8 cm³/mol. The van der Waals surface area contributed by atoms with Gasteiger partial charge in [-0.1, -0.05) is 6.92 Å². The third-order valence-corrected chi connectivity index (χ3v) is 2.03. The molecule has 2 rings (SSSR count). The monoisotopic (exact) mass is 201 g/mol. The Morgan fingerprint density at radius 1 is 1.13 bits per heavy atom. The summed E-state index contributed by atoms with van der Waals surface area (Å²) in [6.07, 6.45) is 5.75. The lowest BCUT2D eigenvalue weighted by atomic mass is 10.2. The molecule has 0 unspecified atom stereocenters. The second-order valence-corrected chi connectivity index (χ2v) is 3.01. The van der Waals surface area contributed by atoms with Crippen LogP contribution in [0.15, 0.2) is 24.7 Å². The fourth-order valence-electron chi connectivity index (χ4n) is 1.35. The molecule has 0 saturated carbocycles. The van der Waals surface area contributed by atoms with Gasteiger partial charge in [0.2, 0.25) is 5.95 Å². The Morgan fingerprint density at radius 3 is 2.67 bits per heavy atom. The van der Waals surface area contributed by atoms with Crippen LogP contribution in [0.1, 0.15) is 12.6 Å². The first-order chi connectivity index (χ1) is 7.31. The normalized spacial score (nSPS) is 10.2. The molecule has 0 saturated heterocycles. The van der Waals surface area contributed by atoms with Crippen LogP contribution < -0.4 is 5.73 Å². The van der Waals surface area contributed by atoms with Crippen LogP contribution in [0.2, 0.25) is 0 Å². The van der Waals surface area contributed by atoms with Gasteiger partial charge in [-0.25, -0.2) is 9.97 Å². The summed E-state index contributed by atoms with van der Waals surface area (Å²) in [7, 11) is 0. The minimum Gasteiger partial charge on any atom is -0.368 e. The lowest BCUT2D eigenvalue weighted by Gasteiger charge is -2.04. The van der Waals surface area contributed by atoms with Gasteiger partial charge in [-0.05, 0) is 12.5 Å². The third-order valence-electron chi connectivity index (χ3n) is 2.03. The molecular weight excluding hydrogens is 190 g/mol. The maximum Gasteiger partial charge on any atom is 0.220 e. The fourth-order valence-corrected chi connectivity index (χ4v) is 1.35. The molecule has 0 fully saturated rings. The van der Waals surface area contributed by atoms with Crippen LogP contribution in [0.4, 0.5) is 5.95 Å². The van der Waals surface area contributed by atoms with Crippen molar-refractivity contribution in [2.24, 2.45) is 0 Å². The highest BCUT2D eigenvalue weighted by Gasteiger charge is 2.07. The zero-order valence-electron chi connectivity index (χ0n) is 8.38. The van der Waals surface area contributed by atoms with Crippen LogP contribution in [-0.2, 0) is 6.42 Å². The Bertz CT molecular complexity index is 469. The molecule has 0 aliphatic rings. The number of nitrogens with two attached hydrogens (primary N) is 1. The van der Waals surface area contributed by atoms with Gasteiger partial charge in [0, 0.05) is 18.6 Å². The molecule has 0 amide bonds. The first-order valence-corrected chi connectivity index (χ1v) is 4.70. The molecule has 0 radical (unpaired) electrons. The van der Waals surface area contributed by atoms with Gasteiger partial charge in [0.25, 0.3) is 0 Å². The van der Waals surface area contributed by atoms with E-state index in [0.29, 0.717) is 5.69 Å². The molecule has 0 aliphatic heterocycles. The Kier molecular flexibility index (Phi) is 2.53. The van der Waals surface area contributed by atoms with E-state index in [1.165, 1.54) is 0 Å². The molecule has 0 aliphatic carbocycles.